The van der Waals surface area contributed by atoms with Crippen LogP contribution in [0.1, 0.15) is 61.8 Å². The van der Waals surface area contributed by atoms with Gasteiger partial charge in [-0.05, 0) is 38.5 Å². The fourth-order valence-electron chi connectivity index (χ4n) is 2.35. The predicted octanol–water partition coefficient (Wildman–Crippen LogP) is 3.61. The summed E-state index contributed by atoms with van der Waals surface area (Å²) < 4.78 is 20.0. The molecule has 196 valence electrons. The highest BCUT2D eigenvalue weighted by atomic mass is 16.6. The van der Waals surface area contributed by atoms with Crippen molar-refractivity contribution in [3.8, 4) is 0 Å². The van der Waals surface area contributed by atoms with Crippen LogP contribution in [0, 0.1) is 5.41 Å². The van der Waals surface area contributed by atoms with Gasteiger partial charge in [0, 0.05) is 22.2 Å². The van der Waals surface area contributed by atoms with Crippen LogP contribution in [0.3, 0.4) is 0 Å². The molecule has 0 aliphatic carbocycles. The molecule has 10 heteroatoms. The van der Waals surface area contributed by atoms with Crippen LogP contribution >= 0.6 is 0 Å². The molecule has 1 amide bonds. The largest absolute Gasteiger partial charge is 0.459 e. The summed E-state index contributed by atoms with van der Waals surface area (Å²) in [5.74, 6) is -3.16. The lowest BCUT2D eigenvalue weighted by Crippen LogP contribution is -2.30. The molecule has 0 radical (unpaired) electrons. The van der Waals surface area contributed by atoms with Crippen molar-refractivity contribution in [2.75, 3.05) is 31.7 Å². The van der Waals surface area contributed by atoms with Crippen LogP contribution in [0.2, 0.25) is 0 Å². The number of nitrogens with one attached hydrogen (secondary N) is 1. The van der Waals surface area contributed by atoms with Gasteiger partial charge < -0.3 is 24.3 Å². The molecule has 0 heterocycles. The molecule has 0 aliphatic rings. The van der Waals surface area contributed by atoms with E-state index in [0.717, 1.165) is 0 Å². The molecule has 1 N–H and O–H groups in total. The molecule has 0 saturated heterocycles. The standard InChI is InChI=1S/C26H33NO9/c1-8-26(6,7)25(32)27-20-14-18(23(30)35-11-9-33-21(28)16(2)3)13-19(15-20)24(31)36-12-10-34-22(29)17(4)5/h13-15H,2,4,8-12H2,1,3,5-7H3,(H,27,32). The topological polar surface area (TPSA) is 134 Å². The molecule has 10 nitrogen and oxygen atoms in total. The molecular weight excluding hydrogens is 470 g/mol. The molecule has 0 unspecified atom stereocenters. The molecule has 0 fully saturated rings. The summed E-state index contributed by atoms with van der Waals surface area (Å²) in [7, 11) is 0. The van der Waals surface area contributed by atoms with Crippen LogP contribution in [0.15, 0.2) is 42.5 Å². The number of hydrogen-bond acceptors (Lipinski definition) is 9. The zero-order valence-corrected chi connectivity index (χ0v) is 21.4. The zero-order valence-electron chi connectivity index (χ0n) is 21.4. The van der Waals surface area contributed by atoms with E-state index >= 15 is 0 Å². The number of carbonyl (C=O) groups is 5. The van der Waals surface area contributed by atoms with Gasteiger partial charge in [0.15, 0.2) is 0 Å². The molecule has 1 aromatic rings. The third-order valence-electron chi connectivity index (χ3n) is 4.96. The third kappa shape index (κ3) is 9.73. The van der Waals surface area contributed by atoms with E-state index in [1.807, 2.05) is 6.92 Å². The van der Waals surface area contributed by atoms with Gasteiger partial charge in [0.05, 0.1) is 11.1 Å². The Morgan fingerprint density at radius 1 is 0.750 bits per heavy atom. The minimum atomic E-state index is -0.809. The first-order chi connectivity index (χ1) is 16.8. The summed E-state index contributed by atoms with van der Waals surface area (Å²) in [6, 6.07) is 3.96. The lowest BCUT2D eigenvalue weighted by Gasteiger charge is -2.22. The van der Waals surface area contributed by atoms with Gasteiger partial charge in [-0.15, -0.1) is 0 Å². The number of amides is 1. The van der Waals surface area contributed by atoms with Crippen LogP contribution in [0.25, 0.3) is 0 Å². The van der Waals surface area contributed by atoms with Crippen molar-refractivity contribution in [2.24, 2.45) is 5.41 Å². The quantitative estimate of drug-likeness (QED) is 0.185. The Labute approximate surface area is 210 Å². The van der Waals surface area contributed by atoms with Crippen molar-refractivity contribution in [3.05, 3.63) is 53.6 Å². The van der Waals surface area contributed by atoms with E-state index in [0.29, 0.717) is 6.42 Å². The highest BCUT2D eigenvalue weighted by molar-refractivity contribution is 6.00. The van der Waals surface area contributed by atoms with E-state index in [9.17, 15) is 24.0 Å². The predicted molar refractivity (Wildman–Crippen MR) is 131 cm³/mol. The van der Waals surface area contributed by atoms with Crippen molar-refractivity contribution in [3.63, 3.8) is 0 Å². The normalized spacial score (nSPS) is 10.6. The number of rotatable bonds is 13. The van der Waals surface area contributed by atoms with Gasteiger partial charge in [-0.1, -0.05) is 33.9 Å². The maximum Gasteiger partial charge on any atom is 0.338 e. The summed E-state index contributed by atoms with van der Waals surface area (Å²) in [6.07, 6.45) is 0.557. The van der Waals surface area contributed by atoms with E-state index in [1.54, 1.807) is 13.8 Å². The van der Waals surface area contributed by atoms with Gasteiger partial charge in [0.25, 0.3) is 0 Å². The first-order valence-corrected chi connectivity index (χ1v) is 11.2. The third-order valence-corrected chi connectivity index (χ3v) is 4.96. The minimum absolute atomic E-state index is 0.0333. The maximum atomic E-state index is 12.6. The average molecular weight is 504 g/mol. The van der Waals surface area contributed by atoms with E-state index in [1.165, 1.54) is 32.0 Å². The average Bonchev–Trinajstić information content (AvgIpc) is 2.83. The van der Waals surface area contributed by atoms with Crippen LogP contribution in [-0.4, -0.2) is 56.2 Å². The molecule has 0 atom stereocenters. The molecule has 1 rings (SSSR count). The van der Waals surface area contributed by atoms with Crippen LogP contribution in [-0.2, 0) is 33.3 Å². The Balaban J connectivity index is 3.00. The van der Waals surface area contributed by atoms with E-state index in [4.69, 9.17) is 18.9 Å². The number of esters is 4. The number of ether oxygens (including phenoxy) is 4. The van der Waals surface area contributed by atoms with Gasteiger partial charge >= 0.3 is 23.9 Å². The van der Waals surface area contributed by atoms with E-state index in [-0.39, 0.29) is 60.3 Å². The van der Waals surface area contributed by atoms with Gasteiger partial charge in [-0.25, -0.2) is 19.2 Å². The molecule has 36 heavy (non-hydrogen) atoms. The second-order valence-corrected chi connectivity index (χ2v) is 8.59. The number of hydrogen-bond donors (Lipinski definition) is 1. The Morgan fingerprint density at radius 2 is 1.14 bits per heavy atom. The van der Waals surface area contributed by atoms with Crippen LogP contribution in [0.4, 0.5) is 5.69 Å². The lowest BCUT2D eigenvalue weighted by molar-refractivity contribution is -0.140. The first kappa shape index (κ1) is 30.1. The molecule has 1 aromatic carbocycles. The summed E-state index contributed by atoms with van der Waals surface area (Å²) in [4.78, 5) is 60.6. The second-order valence-electron chi connectivity index (χ2n) is 8.59. The lowest BCUT2D eigenvalue weighted by atomic mass is 9.89. The van der Waals surface area contributed by atoms with Crippen molar-refractivity contribution < 1.29 is 42.9 Å². The smallest absolute Gasteiger partial charge is 0.338 e. The first-order valence-electron chi connectivity index (χ1n) is 11.2. The van der Waals surface area contributed by atoms with Crippen molar-refractivity contribution in [2.45, 2.75) is 41.0 Å². The molecule has 0 spiro atoms. The van der Waals surface area contributed by atoms with Crippen molar-refractivity contribution in [1.29, 1.82) is 0 Å². The second kappa shape index (κ2) is 13.8. The molecule has 0 saturated carbocycles. The number of carbonyl (C=O) groups excluding carboxylic acids is 5. The van der Waals surface area contributed by atoms with E-state index < -0.39 is 29.3 Å². The SMILES string of the molecule is C=C(C)C(=O)OCCOC(=O)c1cc(NC(=O)C(C)(C)CC)cc(C(=O)OCCOC(=O)C(=C)C)c1. The highest BCUT2D eigenvalue weighted by Gasteiger charge is 2.26. The summed E-state index contributed by atoms with van der Waals surface area (Å²) in [5.41, 5.74) is -0.166. The van der Waals surface area contributed by atoms with Crippen molar-refractivity contribution in [1.82, 2.24) is 0 Å². The van der Waals surface area contributed by atoms with Gasteiger partial charge in [-0.3, -0.25) is 4.79 Å². The molecular formula is C26H33NO9. The zero-order chi connectivity index (χ0) is 27.5. The number of benzene rings is 1. The monoisotopic (exact) mass is 503 g/mol. The fourth-order valence-corrected chi connectivity index (χ4v) is 2.35. The molecule has 0 aliphatic heterocycles. The van der Waals surface area contributed by atoms with Gasteiger partial charge in [-0.2, -0.15) is 0 Å². The fraction of sp³-hybridized carbons (Fsp3) is 0.423. The van der Waals surface area contributed by atoms with Crippen molar-refractivity contribution >= 4 is 35.5 Å². The van der Waals surface area contributed by atoms with E-state index in [2.05, 4.69) is 18.5 Å². The molecule has 0 aromatic heterocycles. The summed E-state index contributed by atoms with van der Waals surface area (Å²) in [5, 5.41) is 2.70. The minimum Gasteiger partial charge on any atom is -0.459 e. The Morgan fingerprint density at radius 3 is 1.50 bits per heavy atom. The number of anilines is 1. The van der Waals surface area contributed by atoms with Gasteiger partial charge in [0.1, 0.15) is 26.4 Å². The Hall–Kier alpha value is -3.95. The maximum absolute atomic E-state index is 12.6. The Bertz CT molecular complexity index is 976. The summed E-state index contributed by atoms with van der Waals surface area (Å²) >= 11 is 0. The van der Waals surface area contributed by atoms with Crippen LogP contribution in [0.5, 0.6) is 0 Å². The molecule has 0 bridgehead atoms. The Kier molecular flexibility index (Phi) is 11.5. The van der Waals surface area contributed by atoms with Gasteiger partial charge in [0.2, 0.25) is 5.91 Å². The highest BCUT2D eigenvalue weighted by Crippen LogP contribution is 2.24. The summed E-state index contributed by atoms with van der Waals surface area (Å²) in [6.45, 7) is 14.4. The van der Waals surface area contributed by atoms with Crippen LogP contribution < -0.4 is 5.32 Å².